The monoisotopic (exact) mass is 398 g/mol. The molecular formula is C19H14N2O4S2. The molecule has 0 bridgehead atoms. The molecule has 0 amide bonds. The number of thioether (sulfide) groups is 1. The molecule has 27 heavy (non-hydrogen) atoms. The van der Waals surface area contributed by atoms with Crippen LogP contribution >= 0.6 is 23.5 Å². The molecule has 0 heterocycles. The molecule has 0 saturated heterocycles. The normalized spacial score (nSPS) is 10.5. The number of benzene rings is 3. The predicted molar refractivity (Wildman–Crippen MR) is 106 cm³/mol. The summed E-state index contributed by atoms with van der Waals surface area (Å²) in [6, 6.07) is 21.0. The van der Waals surface area contributed by atoms with Gasteiger partial charge in [-0.25, -0.2) is 0 Å². The summed E-state index contributed by atoms with van der Waals surface area (Å²) in [6.07, 6.45) is 0. The van der Waals surface area contributed by atoms with Gasteiger partial charge in [0.2, 0.25) is 0 Å². The third-order valence-corrected chi connectivity index (χ3v) is 5.76. The maximum absolute atomic E-state index is 11.3. The Balaban J connectivity index is 1.80. The number of nitro benzene ring substituents is 2. The van der Waals surface area contributed by atoms with Crippen LogP contribution in [0.15, 0.2) is 87.5 Å². The molecule has 3 aromatic rings. The maximum atomic E-state index is 11.3. The molecule has 0 unspecified atom stereocenters. The van der Waals surface area contributed by atoms with Crippen LogP contribution in [0, 0.1) is 20.2 Å². The van der Waals surface area contributed by atoms with Gasteiger partial charge < -0.3 is 0 Å². The van der Waals surface area contributed by atoms with Gasteiger partial charge in [0.15, 0.2) is 0 Å². The fourth-order valence-corrected chi connectivity index (χ4v) is 4.28. The fourth-order valence-electron chi connectivity index (χ4n) is 2.33. The Bertz CT molecular complexity index is 963. The molecule has 0 aliphatic rings. The Kier molecular flexibility index (Phi) is 6.10. The van der Waals surface area contributed by atoms with Gasteiger partial charge in [-0.15, -0.1) is 11.8 Å². The Morgan fingerprint density at radius 2 is 1.44 bits per heavy atom. The zero-order valence-corrected chi connectivity index (χ0v) is 15.6. The van der Waals surface area contributed by atoms with Crippen molar-refractivity contribution in [2.75, 3.05) is 0 Å². The smallest absolute Gasteiger partial charge is 0.258 e. The second kappa shape index (κ2) is 8.70. The molecule has 0 atom stereocenters. The Morgan fingerprint density at radius 3 is 2.07 bits per heavy atom. The lowest BCUT2D eigenvalue weighted by molar-refractivity contribution is -0.387. The number of rotatable bonds is 7. The molecule has 0 N–H and O–H groups in total. The van der Waals surface area contributed by atoms with Crippen LogP contribution in [0.25, 0.3) is 0 Å². The number of non-ortho nitro benzene ring substituents is 1. The molecule has 8 heteroatoms. The number of hydrogen-bond donors (Lipinski definition) is 0. The van der Waals surface area contributed by atoms with Crippen molar-refractivity contribution in [2.24, 2.45) is 0 Å². The summed E-state index contributed by atoms with van der Waals surface area (Å²) in [5, 5.41) is 22.1. The fraction of sp³-hybridized carbons (Fsp3) is 0.0526. The van der Waals surface area contributed by atoms with Crippen molar-refractivity contribution in [3.63, 3.8) is 0 Å². The van der Waals surface area contributed by atoms with Crippen molar-refractivity contribution < 1.29 is 9.85 Å². The maximum Gasteiger partial charge on any atom is 0.282 e. The first-order chi connectivity index (χ1) is 13.0. The van der Waals surface area contributed by atoms with E-state index in [-0.39, 0.29) is 16.3 Å². The quantitative estimate of drug-likeness (QED) is 0.278. The van der Waals surface area contributed by atoms with Crippen molar-refractivity contribution >= 4 is 34.9 Å². The van der Waals surface area contributed by atoms with Gasteiger partial charge in [-0.05, 0) is 29.8 Å². The van der Waals surface area contributed by atoms with Gasteiger partial charge in [0, 0.05) is 33.7 Å². The van der Waals surface area contributed by atoms with E-state index >= 15 is 0 Å². The minimum atomic E-state index is -0.446. The molecule has 0 spiro atoms. The standard InChI is InChI=1S/C19H14N2O4S2/c22-20(23)15-6-8-16(9-7-15)27-17-10-11-18(21(24)25)19(12-17)26-13-14-4-2-1-3-5-14/h1-12H,13H2. The van der Waals surface area contributed by atoms with Crippen molar-refractivity contribution in [3.8, 4) is 0 Å². The zero-order chi connectivity index (χ0) is 19.2. The minimum Gasteiger partial charge on any atom is -0.258 e. The number of nitrogens with zero attached hydrogens (tertiary/aromatic N) is 2. The topological polar surface area (TPSA) is 86.3 Å². The van der Waals surface area contributed by atoms with Crippen molar-refractivity contribution in [2.45, 2.75) is 20.4 Å². The first-order valence-corrected chi connectivity index (χ1v) is 9.70. The van der Waals surface area contributed by atoms with E-state index in [1.807, 2.05) is 30.3 Å². The van der Waals surface area contributed by atoms with E-state index in [0.717, 1.165) is 15.4 Å². The van der Waals surface area contributed by atoms with Crippen LogP contribution in [-0.2, 0) is 5.75 Å². The molecule has 6 nitrogen and oxygen atoms in total. The molecule has 0 fully saturated rings. The number of hydrogen-bond acceptors (Lipinski definition) is 6. The predicted octanol–water partition coefficient (Wildman–Crippen LogP) is 5.95. The van der Waals surface area contributed by atoms with Crippen molar-refractivity contribution in [3.05, 3.63) is 98.6 Å². The van der Waals surface area contributed by atoms with Crippen LogP contribution < -0.4 is 0 Å². The van der Waals surface area contributed by atoms with E-state index in [9.17, 15) is 20.2 Å². The van der Waals surface area contributed by atoms with Crippen LogP contribution in [0.2, 0.25) is 0 Å². The van der Waals surface area contributed by atoms with Gasteiger partial charge in [-0.3, -0.25) is 20.2 Å². The van der Waals surface area contributed by atoms with Crippen molar-refractivity contribution in [1.29, 1.82) is 0 Å². The molecule has 0 saturated carbocycles. The van der Waals surface area contributed by atoms with Crippen LogP contribution in [-0.4, -0.2) is 9.85 Å². The van der Waals surface area contributed by atoms with Crippen LogP contribution in [0.4, 0.5) is 11.4 Å². The average Bonchev–Trinajstić information content (AvgIpc) is 2.67. The summed E-state index contributed by atoms with van der Waals surface area (Å²) in [6.45, 7) is 0. The summed E-state index contributed by atoms with van der Waals surface area (Å²) in [7, 11) is 0. The molecule has 3 aromatic carbocycles. The molecule has 0 radical (unpaired) electrons. The molecule has 3 rings (SSSR count). The Labute approximate surface area is 163 Å². The van der Waals surface area contributed by atoms with E-state index in [4.69, 9.17) is 0 Å². The molecule has 0 aliphatic carbocycles. The second-order valence-corrected chi connectivity index (χ2v) is 7.68. The van der Waals surface area contributed by atoms with Gasteiger partial charge in [-0.2, -0.15) is 0 Å². The lowest BCUT2D eigenvalue weighted by atomic mass is 10.2. The highest BCUT2D eigenvalue weighted by atomic mass is 32.2. The van der Waals surface area contributed by atoms with Crippen LogP contribution in [0.1, 0.15) is 5.56 Å². The van der Waals surface area contributed by atoms with Crippen molar-refractivity contribution in [1.82, 2.24) is 0 Å². The highest BCUT2D eigenvalue weighted by Gasteiger charge is 2.15. The summed E-state index contributed by atoms with van der Waals surface area (Å²) < 4.78 is 0. The van der Waals surface area contributed by atoms with Gasteiger partial charge in [0.05, 0.1) is 14.7 Å². The number of nitro groups is 2. The van der Waals surface area contributed by atoms with Crippen LogP contribution in [0.5, 0.6) is 0 Å². The van der Waals surface area contributed by atoms with Gasteiger partial charge in [0.1, 0.15) is 0 Å². The Hall–Kier alpha value is -2.84. The molecule has 0 aromatic heterocycles. The highest BCUT2D eigenvalue weighted by Crippen LogP contribution is 2.37. The molecule has 136 valence electrons. The SMILES string of the molecule is O=[N+]([O-])c1ccc(Sc2ccc([N+](=O)[O-])c(SCc3ccccc3)c2)cc1. The summed E-state index contributed by atoms with van der Waals surface area (Å²) >= 11 is 2.82. The largest absolute Gasteiger partial charge is 0.282 e. The average molecular weight is 398 g/mol. The van der Waals surface area contributed by atoms with Gasteiger partial charge >= 0.3 is 0 Å². The first-order valence-electron chi connectivity index (χ1n) is 7.90. The molecule has 0 aliphatic heterocycles. The third kappa shape index (κ3) is 5.08. The van der Waals surface area contributed by atoms with E-state index < -0.39 is 4.92 Å². The zero-order valence-electron chi connectivity index (χ0n) is 14.0. The molecular weight excluding hydrogens is 384 g/mol. The first kappa shape index (κ1) is 18.9. The highest BCUT2D eigenvalue weighted by molar-refractivity contribution is 7.99. The van der Waals surface area contributed by atoms with Crippen LogP contribution in [0.3, 0.4) is 0 Å². The minimum absolute atomic E-state index is 0.0298. The van der Waals surface area contributed by atoms with E-state index in [0.29, 0.717) is 10.6 Å². The summed E-state index contributed by atoms with van der Waals surface area (Å²) in [4.78, 5) is 23.5. The van der Waals surface area contributed by atoms with Gasteiger partial charge in [0.25, 0.3) is 11.4 Å². The Morgan fingerprint density at radius 1 is 0.778 bits per heavy atom. The summed E-state index contributed by atoms with van der Waals surface area (Å²) in [5.41, 5.74) is 1.19. The lowest BCUT2D eigenvalue weighted by Crippen LogP contribution is -1.92. The van der Waals surface area contributed by atoms with E-state index in [2.05, 4.69) is 0 Å². The van der Waals surface area contributed by atoms with E-state index in [1.54, 1.807) is 24.3 Å². The van der Waals surface area contributed by atoms with Gasteiger partial charge in [-0.1, -0.05) is 42.1 Å². The lowest BCUT2D eigenvalue weighted by Gasteiger charge is -2.07. The second-order valence-electron chi connectivity index (χ2n) is 5.51. The third-order valence-electron chi connectivity index (χ3n) is 3.65. The van der Waals surface area contributed by atoms with E-state index in [1.165, 1.54) is 41.7 Å². The summed E-state index contributed by atoms with van der Waals surface area (Å²) in [5.74, 6) is 0.632.